The molecule has 1 atom stereocenters. The van der Waals surface area contributed by atoms with Crippen molar-refractivity contribution in [2.24, 2.45) is 0 Å². The third-order valence-corrected chi connectivity index (χ3v) is 3.95. The number of benzene rings is 1. The highest BCUT2D eigenvalue weighted by Crippen LogP contribution is 2.29. The van der Waals surface area contributed by atoms with Gasteiger partial charge in [0.1, 0.15) is 5.78 Å². The Bertz CT molecular complexity index is 618. The molecule has 1 aromatic heterocycles. The summed E-state index contributed by atoms with van der Waals surface area (Å²) >= 11 is 0. The predicted molar refractivity (Wildman–Crippen MR) is 74.5 cm³/mol. The van der Waals surface area contributed by atoms with Crippen molar-refractivity contribution in [3.05, 3.63) is 47.1 Å². The van der Waals surface area contributed by atoms with Gasteiger partial charge in [-0.1, -0.05) is 35.8 Å². The predicted octanol–water partition coefficient (Wildman–Crippen LogP) is 3.20. The van der Waals surface area contributed by atoms with Crippen LogP contribution in [0.15, 0.2) is 28.8 Å². The van der Waals surface area contributed by atoms with Gasteiger partial charge in [-0.2, -0.15) is 4.98 Å². The van der Waals surface area contributed by atoms with Gasteiger partial charge in [0.05, 0.1) is 5.92 Å². The summed E-state index contributed by atoms with van der Waals surface area (Å²) < 4.78 is 5.30. The molecule has 4 nitrogen and oxygen atoms in total. The Hall–Kier alpha value is -1.97. The Morgan fingerprint density at radius 2 is 2.15 bits per heavy atom. The van der Waals surface area contributed by atoms with Crippen molar-refractivity contribution in [3.63, 3.8) is 0 Å². The topological polar surface area (TPSA) is 56.0 Å². The molecule has 1 fully saturated rings. The second-order valence-corrected chi connectivity index (χ2v) is 5.42. The summed E-state index contributed by atoms with van der Waals surface area (Å²) in [6.45, 7) is 2.07. The van der Waals surface area contributed by atoms with Crippen molar-refractivity contribution in [2.75, 3.05) is 0 Å². The van der Waals surface area contributed by atoms with E-state index in [-0.39, 0.29) is 11.7 Å². The lowest BCUT2D eigenvalue weighted by Gasteiger charge is -2.16. The van der Waals surface area contributed by atoms with E-state index in [4.69, 9.17) is 4.52 Å². The van der Waals surface area contributed by atoms with E-state index in [2.05, 4.69) is 29.2 Å². The SMILES string of the molecule is Cc1ccccc1Cc1noc(C2CCCCC2=O)n1. The molecule has 4 heteroatoms. The molecule has 0 radical (unpaired) electrons. The second-order valence-electron chi connectivity index (χ2n) is 5.42. The molecule has 0 spiro atoms. The van der Waals surface area contributed by atoms with Crippen LogP contribution in [0.4, 0.5) is 0 Å². The van der Waals surface area contributed by atoms with Gasteiger partial charge < -0.3 is 4.52 Å². The first-order chi connectivity index (χ1) is 9.74. The largest absolute Gasteiger partial charge is 0.339 e. The Kier molecular flexibility index (Phi) is 3.63. The maximum Gasteiger partial charge on any atom is 0.237 e. The second kappa shape index (κ2) is 5.57. The fraction of sp³-hybridized carbons (Fsp3) is 0.438. The number of hydrogen-bond donors (Lipinski definition) is 0. The van der Waals surface area contributed by atoms with Gasteiger partial charge in [-0.05, 0) is 30.9 Å². The van der Waals surface area contributed by atoms with Crippen molar-refractivity contribution >= 4 is 5.78 Å². The Balaban J connectivity index is 1.77. The standard InChI is InChI=1S/C16H18N2O2/c1-11-6-2-3-7-12(11)10-15-17-16(20-18-15)13-8-4-5-9-14(13)19/h2-3,6-7,13H,4-5,8-10H2,1H3. The Morgan fingerprint density at radius 1 is 1.30 bits per heavy atom. The van der Waals surface area contributed by atoms with Crippen molar-refractivity contribution in [2.45, 2.75) is 44.9 Å². The molecule has 3 rings (SSSR count). The molecular formula is C16H18N2O2. The number of hydrogen-bond acceptors (Lipinski definition) is 4. The van der Waals surface area contributed by atoms with Crippen molar-refractivity contribution in [3.8, 4) is 0 Å². The zero-order valence-electron chi connectivity index (χ0n) is 11.6. The zero-order chi connectivity index (χ0) is 13.9. The first-order valence-corrected chi connectivity index (χ1v) is 7.14. The monoisotopic (exact) mass is 270 g/mol. The highest BCUT2D eigenvalue weighted by molar-refractivity contribution is 5.85. The van der Waals surface area contributed by atoms with Crippen molar-refractivity contribution in [1.82, 2.24) is 10.1 Å². The molecular weight excluding hydrogens is 252 g/mol. The first-order valence-electron chi connectivity index (χ1n) is 7.14. The maximum absolute atomic E-state index is 11.9. The van der Waals surface area contributed by atoms with E-state index in [0.717, 1.165) is 19.3 Å². The number of ketones is 1. The normalized spacial score (nSPS) is 19.2. The van der Waals surface area contributed by atoms with Crippen LogP contribution in [0, 0.1) is 6.92 Å². The average Bonchev–Trinajstić information content (AvgIpc) is 2.90. The van der Waals surface area contributed by atoms with Gasteiger partial charge >= 0.3 is 0 Å². The van der Waals surface area contributed by atoms with Gasteiger partial charge in [0, 0.05) is 12.8 Å². The summed E-state index contributed by atoms with van der Waals surface area (Å²) in [4.78, 5) is 16.3. The molecule has 0 bridgehead atoms. The van der Waals surface area contributed by atoms with E-state index in [9.17, 15) is 4.79 Å². The highest BCUT2D eigenvalue weighted by atomic mass is 16.5. The molecule has 104 valence electrons. The molecule has 1 aliphatic rings. The number of carbonyl (C=O) groups excluding carboxylic acids is 1. The summed E-state index contributed by atoms with van der Waals surface area (Å²) in [6.07, 6.45) is 4.17. The molecule has 0 N–H and O–H groups in total. The third-order valence-electron chi connectivity index (χ3n) is 3.95. The van der Waals surface area contributed by atoms with Crippen LogP contribution in [0.25, 0.3) is 0 Å². The number of Topliss-reactive ketones (excluding diaryl/α,β-unsaturated/α-hetero) is 1. The number of aromatic nitrogens is 2. The molecule has 1 unspecified atom stereocenters. The van der Waals surface area contributed by atoms with Gasteiger partial charge in [-0.3, -0.25) is 4.79 Å². The Labute approximate surface area is 118 Å². The zero-order valence-corrected chi connectivity index (χ0v) is 11.6. The average molecular weight is 270 g/mol. The van der Waals surface area contributed by atoms with Crippen molar-refractivity contribution in [1.29, 1.82) is 0 Å². The van der Waals surface area contributed by atoms with Crippen LogP contribution in [0.5, 0.6) is 0 Å². The molecule has 0 saturated heterocycles. The van der Waals surface area contributed by atoms with Crippen LogP contribution in [0.2, 0.25) is 0 Å². The van der Waals surface area contributed by atoms with E-state index in [0.29, 0.717) is 24.6 Å². The lowest BCUT2D eigenvalue weighted by atomic mass is 9.88. The van der Waals surface area contributed by atoms with Gasteiger partial charge in [-0.15, -0.1) is 0 Å². The van der Waals surface area contributed by atoms with Crippen LogP contribution < -0.4 is 0 Å². The summed E-state index contributed by atoms with van der Waals surface area (Å²) in [6, 6.07) is 8.16. The van der Waals surface area contributed by atoms with Crippen LogP contribution in [0.3, 0.4) is 0 Å². The van der Waals surface area contributed by atoms with E-state index >= 15 is 0 Å². The highest BCUT2D eigenvalue weighted by Gasteiger charge is 2.28. The maximum atomic E-state index is 11.9. The molecule has 1 aliphatic carbocycles. The fourth-order valence-corrected chi connectivity index (χ4v) is 2.70. The van der Waals surface area contributed by atoms with Crippen LogP contribution in [-0.4, -0.2) is 15.9 Å². The fourth-order valence-electron chi connectivity index (χ4n) is 2.70. The minimum absolute atomic E-state index is 0.179. The van der Waals surface area contributed by atoms with Crippen LogP contribution >= 0.6 is 0 Å². The van der Waals surface area contributed by atoms with Gasteiger partial charge in [-0.25, -0.2) is 0 Å². The summed E-state index contributed by atoms with van der Waals surface area (Å²) in [5, 5.41) is 4.02. The first kappa shape index (κ1) is 13.0. The number of rotatable bonds is 3. The number of aryl methyl sites for hydroxylation is 1. The Morgan fingerprint density at radius 3 is 2.95 bits per heavy atom. The van der Waals surface area contributed by atoms with Gasteiger partial charge in [0.15, 0.2) is 5.82 Å². The van der Waals surface area contributed by atoms with E-state index in [1.807, 2.05) is 12.1 Å². The summed E-state index contributed by atoms with van der Waals surface area (Å²) in [5.41, 5.74) is 2.41. The van der Waals surface area contributed by atoms with Gasteiger partial charge in [0.25, 0.3) is 0 Å². The van der Waals surface area contributed by atoms with E-state index < -0.39 is 0 Å². The molecule has 1 aromatic carbocycles. The summed E-state index contributed by atoms with van der Waals surface area (Å²) in [5.74, 6) is 1.22. The number of carbonyl (C=O) groups is 1. The molecule has 0 amide bonds. The lowest BCUT2D eigenvalue weighted by molar-refractivity contribution is -0.122. The minimum atomic E-state index is -0.179. The minimum Gasteiger partial charge on any atom is -0.339 e. The quantitative estimate of drug-likeness (QED) is 0.859. The van der Waals surface area contributed by atoms with Crippen LogP contribution in [-0.2, 0) is 11.2 Å². The lowest BCUT2D eigenvalue weighted by Crippen LogP contribution is -2.17. The molecule has 0 aliphatic heterocycles. The molecule has 1 heterocycles. The molecule has 2 aromatic rings. The molecule has 20 heavy (non-hydrogen) atoms. The number of nitrogens with zero attached hydrogens (tertiary/aromatic N) is 2. The van der Waals surface area contributed by atoms with E-state index in [1.165, 1.54) is 11.1 Å². The van der Waals surface area contributed by atoms with Crippen molar-refractivity contribution < 1.29 is 9.32 Å². The van der Waals surface area contributed by atoms with E-state index in [1.54, 1.807) is 0 Å². The smallest absolute Gasteiger partial charge is 0.237 e. The molecule has 1 saturated carbocycles. The third kappa shape index (κ3) is 2.64. The summed E-state index contributed by atoms with van der Waals surface area (Å²) in [7, 11) is 0. The van der Waals surface area contributed by atoms with Gasteiger partial charge in [0.2, 0.25) is 5.89 Å². The van der Waals surface area contributed by atoms with Crippen LogP contribution in [0.1, 0.15) is 54.4 Å².